The van der Waals surface area contributed by atoms with E-state index in [1.54, 1.807) is 30.3 Å². The lowest BCUT2D eigenvalue weighted by Gasteiger charge is -2.07. The average Bonchev–Trinajstić information content (AvgIpc) is 2.83. The Bertz CT molecular complexity index is 711. The van der Waals surface area contributed by atoms with E-state index < -0.39 is 15.9 Å². The number of thiazole rings is 1. The van der Waals surface area contributed by atoms with Crippen molar-refractivity contribution in [2.45, 2.75) is 19.1 Å². The van der Waals surface area contributed by atoms with E-state index in [1.807, 2.05) is 12.3 Å². The van der Waals surface area contributed by atoms with Crippen molar-refractivity contribution >= 4 is 27.3 Å². The molecule has 112 valence electrons. The third-order valence-corrected chi connectivity index (χ3v) is 4.62. The Morgan fingerprint density at radius 3 is 2.62 bits per heavy atom. The van der Waals surface area contributed by atoms with Gasteiger partial charge in [-0.15, -0.1) is 16.2 Å². The third-order valence-electron chi connectivity index (χ3n) is 2.52. The number of carbonyl (C=O) groups is 1. The minimum atomic E-state index is -3.62. The quantitative estimate of drug-likeness (QED) is 0.780. The Labute approximate surface area is 127 Å². The summed E-state index contributed by atoms with van der Waals surface area (Å²) in [6.07, 6.45) is 0.0480. The number of benzene rings is 1. The highest BCUT2D eigenvalue weighted by Crippen LogP contribution is 2.09. The van der Waals surface area contributed by atoms with E-state index in [-0.39, 0.29) is 12.2 Å². The van der Waals surface area contributed by atoms with E-state index in [4.69, 9.17) is 0 Å². The number of nitrogens with one attached hydrogen (secondary N) is 2. The van der Waals surface area contributed by atoms with Crippen molar-refractivity contribution in [3.8, 4) is 0 Å². The van der Waals surface area contributed by atoms with Crippen LogP contribution in [0.4, 0.5) is 0 Å². The van der Waals surface area contributed by atoms with Gasteiger partial charge in [0.25, 0.3) is 0 Å². The van der Waals surface area contributed by atoms with Crippen LogP contribution >= 0.6 is 11.3 Å². The lowest BCUT2D eigenvalue weighted by atomic mass is 10.2. The van der Waals surface area contributed by atoms with Gasteiger partial charge in [0, 0.05) is 11.1 Å². The van der Waals surface area contributed by atoms with Gasteiger partial charge in [0.2, 0.25) is 15.9 Å². The Hall–Kier alpha value is -1.77. The average molecular weight is 325 g/mol. The van der Waals surface area contributed by atoms with Gasteiger partial charge in [0.15, 0.2) is 0 Å². The standard InChI is InChI=1S/C13H15N3O3S2/c1-10-8-20-13(14-10)7-12(17)15-16-21(18,19)9-11-5-3-2-4-6-11/h2-6,8,16H,7,9H2,1H3,(H,15,17). The second-order valence-electron chi connectivity index (χ2n) is 4.45. The van der Waals surface area contributed by atoms with Crippen LogP contribution in [0.3, 0.4) is 0 Å². The van der Waals surface area contributed by atoms with Crippen molar-refractivity contribution in [1.29, 1.82) is 0 Å². The Balaban J connectivity index is 1.85. The molecule has 0 atom stereocenters. The fourth-order valence-electron chi connectivity index (χ4n) is 1.63. The maximum atomic E-state index is 11.8. The highest BCUT2D eigenvalue weighted by Gasteiger charge is 2.13. The van der Waals surface area contributed by atoms with Gasteiger partial charge in [0.05, 0.1) is 12.2 Å². The van der Waals surface area contributed by atoms with Crippen LogP contribution in [0, 0.1) is 6.92 Å². The van der Waals surface area contributed by atoms with Crippen LogP contribution < -0.4 is 10.3 Å². The monoisotopic (exact) mass is 325 g/mol. The maximum absolute atomic E-state index is 11.8. The van der Waals surface area contributed by atoms with Crippen LogP contribution in [-0.4, -0.2) is 19.3 Å². The molecular weight excluding hydrogens is 310 g/mol. The molecule has 2 rings (SSSR count). The van der Waals surface area contributed by atoms with Crippen molar-refractivity contribution in [2.75, 3.05) is 0 Å². The maximum Gasteiger partial charge on any atom is 0.241 e. The second-order valence-corrected chi connectivity index (χ2v) is 7.12. The smallest absolute Gasteiger partial charge is 0.241 e. The van der Waals surface area contributed by atoms with Gasteiger partial charge < -0.3 is 0 Å². The number of rotatable bonds is 6. The van der Waals surface area contributed by atoms with E-state index in [2.05, 4.69) is 15.2 Å². The molecule has 2 N–H and O–H groups in total. The molecule has 0 radical (unpaired) electrons. The number of carbonyl (C=O) groups excluding carboxylic acids is 1. The second kappa shape index (κ2) is 6.79. The molecule has 0 aliphatic heterocycles. The zero-order valence-electron chi connectivity index (χ0n) is 11.4. The summed E-state index contributed by atoms with van der Waals surface area (Å²) in [5.41, 5.74) is 3.68. The normalized spacial score (nSPS) is 11.3. The van der Waals surface area contributed by atoms with Gasteiger partial charge in [-0.25, -0.2) is 13.4 Å². The summed E-state index contributed by atoms with van der Waals surface area (Å²) in [6.45, 7) is 1.83. The summed E-state index contributed by atoms with van der Waals surface area (Å²) in [7, 11) is -3.62. The molecule has 0 unspecified atom stereocenters. The van der Waals surface area contributed by atoms with E-state index in [0.717, 1.165) is 5.69 Å². The molecule has 8 heteroatoms. The minimum Gasteiger partial charge on any atom is -0.278 e. The lowest BCUT2D eigenvalue weighted by molar-refractivity contribution is -0.120. The van der Waals surface area contributed by atoms with Crippen molar-refractivity contribution in [3.63, 3.8) is 0 Å². The van der Waals surface area contributed by atoms with Gasteiger partial charge in [0.1, 0.15) is 5.01 Å². The summed E-state index contributed by atoms with van der Waals surface area (Å²) < 4.78 is 23.6. The molecule has 2 aromatic rings. The molecule has 0 fully saturated rings. The first-order chi connectivity index (χ1) is 9.94. The summed E-state index contributed by atoms with van der Waals surface area (Å²) in [5, 5.41) is 2.48. The zero-order valence-corrected chi connectivity index (χ0v) is 13.0. The summed E-state index contributed by atoms with van der Waals surface area (Å²) in [5.74, 6) is -0.634. The molecule has 1 amide bonds. The topological polar surface area (TPSA) is 88.2 Å². The first-order valence-electron chi connectivity index (χ1n) is 6.18. The molecule has 1 aromatic heterocycles. The molecule has 0 bridgehead atoms. The lowest BCUT2D eigenvalue weighted by Crippen LogP contribution is -2.42. The molecule has 0 spiro atoms. The van der Waals surface area contributed by atoms with Gasteiger partial charge in [-0.1, -0.05) is 30.3 Å². The number of hydrogen-bond acceptors (Lipinski definition) is 5. The zero-order chi connectivity index (χ0) is 15.3. The summed E-state index contributed by atoms with van der Waals surface area (Å²) in [4.78, 5) is 17.9. The predicted molar refractivity (Wildman–Crippen MR) is 80.9 cm³/mol. The molecule has 1 heterocycles. The Kier molecular flexibility index (Phi) is 5.05. The molecular formula is C13H15N3O3S2. The van der Waals surface area contributed by atoms with Gasteiger partial charge in [-0.3, -0.25) is 10.2 Å². The number of hydrazine groups is 1. The van der Waals surface area contributed by atoms with Crippen LogP contribution in [0.5, 0.6) is 0 Å². The molecule has 0 saturated carbocycles. The van der Waals surface area contributed by atoms with Crippen LogP contribution in [-0.2, 0) is 27.0 Å². The number of aryl methyl sites for hydroxylation is 1. The Morgan fingerprint density at radius 1 is 1.29 bits per heavy atom. The molecule has 0 aliphatic rings. The van der Waals surface area contributed by atoms with E-state index in [1.165, 1.54) is 11.3 Å². The number of aromatic nitrogens is 1. The van der Waals surface area contributed by atoms with Gasteiger partial charge in [-0.2, -0.15) is 0 Å². The highest BCUT2D eigenvalue weighted by atomic mass is 32.2. The SMILES string of the molecule is Cc1csc(CC(=O)NNS(=O)(=O)Cc2ccccc2)n1. The first-order valence-corrected chi connectivity index (χ1v) is 8.71. The first kappa shape index (κ1) is 15.6. The van der Waals surface area contributed by atoms with Crippen LogP contribution in [0.25, 0.3) is 0 Å². The number of sulfonamides is 1. The van der Waals surface area contributed by atoms with Crippen molar-refractivity contribution in [2.24, 2.45) is 0 Å². The van der Waals surface area contributed by atoms with Crippen molar-refractivity contribution in [1.82, 2.24) is 15.2 Å². The van der Waals surface area contributed by atoms with E-state index in [0.29, 0.717) is 10.6 Å². The Morgan fingerprint density at radius 2 is 2.00 bits per heavy atom. The molecule has 1 aromatic carbocycles. The van der Waals surface area contributed by atoms with Gasteiger partial charge >= 0.3 is 0 Å². The highest BCUT2D eigenvalue weighted by molar-refractivity contribution is 7.88. The number of nitrogens with zero attached hydrogens (tertiary/aromatic N) is 1. The number of hydrogen-bond donors (Lipinski definition) is 2. The fraction of sp³-hybridized carbons (Fsp3) is 0.231. The van der Waals surface area contributed by atoms with Crippen LogP contribution in [0.1, 0.15) is 16.3 Å². The van der Waals surface area contributed by atoms with Crippen LogP contribution in [0.15, 0.2) is 35.7 Å². The van der Waals surface area contributed by atoms with Crippen molar-refractivity contribution in [3.05, 3.63) is 52.0 Å². The number of amides is 1. The molecule has 0 saturated heterocycles. The van der Waals surface area contributed by atoms with Gasteiger partial charge in [-0.05, 0) is 12.5 Å². The molecule has 0 aliphatic carbocycles. The molecule has 21 heavy (non-hydrogen) atoms. The minimum absolute atomic E-state index is 0.0480. The molecule has 6 nitrogen and oxygen atoms in total. The van der Waals surface area contributed by atoms with E-state index in [9.17, 15) is 13.2 Å². The summed E-state index contributed by atoms with van der Waals surface area (Å²) in [6, 6.07) is 8.74. The third kappa shape index (κ3) is 5.25. The van der Waals surface area contributed by atoms with Crippen LogP contribution in [0.2, 0.25) is 0 Å². The largest absolute Gasteiger partial charge is 0.278 e. The fourth-order valence-corrected chi connectivity index (χ4v) is 3.37. The van der Waals surface area contributed by atoms with Crippen molar-refractivity contribution < 1.29 is 13.2 Å². The van der Waals surface area contributed by atoms with E-state index >= 15 is 0 Å². The predicted octanol–water partition coefficient (Wildman–Crippen LogP) is 1.14. The summed E-state index contributed by atoms with van der Waals surface area (Å²) >= 11 is 1.36.